The summed E-state index contributed by atoms with van der Waals surface area (Å²) in [5.41, 5.74) is 0. The Hall–Kier alpha value is -1.10. The van der Waals surface area contributed by atoms with Crippen molar-refractivity contribution in [3.8, 4) is 0 Å². The van der Waals surface area contributed by atoms with E-state index in [9.17, 15) is 0 Å². The number of anilines is 1. The number of nitrogens with one attached hydrogen (secondary N) is 1. The maximum atomic E-state index is 4.40. The molecule has 5 nitrogen and oxygen atoms in total. The molecular weight excluding hydrogens is 178 g/mol. The van der Waals surface area contributed by atoms with E-state index in [1.54, 1.807) is 0 Å². The molecule has 78 valence electrons. The fourth-order valence-corrected chi connectivity index (χ4v) is 1.70. The van der Waals surface area contributed by atoms with E-state index >= 15 is 0 Å². The molecule has 1 aliphatic heterocycles. The van der Waals surface area contributed by atoms with Crippen LogP contribution in [0.3, 0.4) is 0 Å². The van der Waals surface area contributed by atoms with Crippen LogP contribution in [0.15, 0.2) is 0 Å². The number of fused-ring (bicyclic) bond motifs is 1. The van der Waals surface area contributed by atoms with Crippen LogP contribution in [0, 0.1) is 0 Å². The van der Waals surface area contributed by atoms with Crippen LogP contribution in [0.5, 0.6) is 0 Å². The van der Waals surface area contributed by atoms with Crippen molar-refractivity contribution in [2.75, 3.05) is 18.9 Å². The second kappa shape index (κ2) is 3.57. The molecular formula is C9H17N5. The zero-order valence-corrected chi connectivity index (χ0v) is 8.99. The summed E-state index contributed by atoms with van der Waals surface area (Å²) >= 11 is 0. The fourth-order valence-electron chi connectivity index (χ4n) is 1.70. The second-order valence-electron chi connectivity index (χ2n) is 3.89. The summed E-state index contributed by atoms with van der Waals surface area (Å²) in [6.45, 7) is 7.35. The Labute approximate surface area is 84.1 Å². The first-order chi connectivity index (χ1) is 6.70. The summed E-state index contributed by atoms with van der Waals surface area (Å²) in [5.74, 6) is 1.79. The van der Waals surface area contributed by atoms with Gasteiger partial charge in [-0.05, 0) is 13.8 Å². The van der Waals surface area contributed by atoms with Crippen molar-refractivity contribution in [3.63, 3.8) is 0 Å². The van der Waals surface area contributed by atoms with Crippen molar-refractivity contribution >= 4 is 5.95 Å². The van der Waals surface area contributed by atoms with E-state index in [0.717, 1.165) is 31.4 Å². The number of hydrogen-bond acceptors (Lipinski definition) is 4. The van der Waals surface area contributed by atoms with Crippen molar-refractivity contribution < 1.29 is 0 Å². The molecule has 0 aromatic carbocycles. The lowest BCUT2D eigenvalue weighted by Gasteiger charge is -2.29. The molecule has 1 N–H and O–H groups in total. The van der Waals surface area contributed by atoms with Gasteiger partial charge in [-0.15, -0.1) is 5.10 Å². The molecule has 0 fully saturated rings. The standard InChI is InChI=1S/C9H17N5/c1-7(2)13-4-5-14-8(6-13)11-9(10-3)12-14/h7H,4-6H2,1-3H3,(H,10,12). The third-order valence-electron chi connectivity index (χ3n) is 2.65. The average molecular weight is 195 g/mol. The van der Waals surface area contributed by atoms with E-state index in [4.69, 9.17) is 0 Å². The molecule has 1 aromatic heterocycles. The summed E-state index contributed by atoms with van der Waals surface area (Å²) in [6, 6.07) is 0.582. The van der Waals surface area contributed by atoms with Gasteiger partial charge in [-0.1, -0.05) is 0 Å². The minimum Gasteiger partial charge on any atom is -0.356 e. The van der Waals surface area contributed by atoms with E-state index in [1.807, 2.05) is 11.7 Å². The molecule has 0 amide bonds. The van der Waals surface area contributed by atoms with Gasteiger partial charge in [-0.25, -0.2) is 4.68 Å². The van der Waals surface area contributed by atoms with Crippen LogP contribution in [-0.2, 0) is 13.1 Å². The van der Waals surface area contributed by atoms with E-state index < -0.39 is 0 Å². The first-order valence-corrected chi connectivity index (χ1v) is 5.06. The van der Waals surface area contributed by atoms with Gasteiger partial charge in [0.1, 0.15) is 5.82 Å². The third-order valence-corrected chi connectivity index (χ3v) is 2.65. The predicted octanol–water partition coefficient (Wildman–Crippen LogP) is 0.544. The van der Waals surface area contributed by atoms with Crippen LogP contribution in [-0.4, -0.2) is 39.3 Å². The molecule has 0 radical (unpaired) electrons. The van der Waals surface area contributed by atoms with Gasteiger partial charge in [0.05, 0.1) is 13.1 Å². The summed E-state index contributed by atoms with van der Waals surface area (Å²) in [5, 5.41) is 7.30. The normalized spacial score (nSPS) is 17.1. The highest BCUT2D eigenvalue weighted by atomic mass is 15.4. The van der Waals surface area contributed by atoms with E-state index in [1.165, 1.54) is 0 Å². The van der Waals surface area contributed by atoms with Crippen LogP contribution in [0.25, 0.3) is 0 Å². The Morgan fingerprint density at radius 2 is 2.14 bits per heavy atom. The molecule has 1 aliphatic rings. The smallest absolute Gasteiger partial charge is 0.242 e. The van der Waals surface area contributed by atoms with Gasteiger partial charge < -0.3 is 5.32 Å². The Morgan fingerprint density at radius 1 is 1.36 bits per heavy atom. The van der Waals surface area contributed by atoms with Crippen molar-refractivity contribution in [2.45, 2.75) is 33.0 Å². The molecule has 0 saturated heterocycles. The topological polar surface area (TPSA) is 46.0 Å². The lowest BCUT2D eigenvalue weighted by atomic mass is 10.3. The van der Waals surface area contributed by atoms with Gasteiger partial charge in [-0.3, -0.25) is 4.90 Å². The van der Waals surface area contributed by atoms with Crippen molar-refractivity contribution in [1.29, 1.82) is 0 Å². The van der Waals surface area contributed by atoms with Crippen molar-refractivity contribution in [1.82, 2.24) is 19.7 Å². The lowest BCUT2D eigenvalue weighted by molar-refractivity contribution is 0.168. The molecule has 14 heavy (non-hydrogen) atoms. The Morgan fingerprint density at radius 3 is 2.79 bits per heavy atom. The van der Waals surface area contributed by atoms with Gasteiger partial charge in [-0.2, -0.15) is 4.98 Å². The molecule has 0 bridgehead atoms. The molecule has 1 aromatic rings. The monoisotopic (exact) mass is 195 g/mol. The maximum Gasteiger partial charge on any atom is 0.242 e. The van der Waals surface area contributed by atoms with Crippen LogP contribution < -0.4 is 5.32 Å². The number of aromatic nitrogens is 3. The zero-order chi connectivity index (χ0) is 10.1. The minimum absolute atomic E-state index is 0.582. The Kier molecular flexibility index (Phi) is 2.41. The minimum atomic E-state index is 0.582. The number of hydrogen-bond donors (Lipinski definition) is 1. The zero-order valence-electron chi connectivity index (χ0n) is 8.99. The summed E-state index contributed by atoms with van der Waals surface area (Å²) in [7, 11) is 1.85. The van der Waals surface area contributed by atoms with Gasteiger partial charge in [0, 0.05) is 19.6 Å². The molecule has 0 saturated carbocycles. The van der Waals surface area contributed by atoms with Gasteiger partial charge >= 0.3 is 0 Å². The van der Waals surface area contributed by atoms with Crippen molar-refractivity contribution in [3.05, 3.63) is 5.82 Å². The summed E-state index contributed by atoms with van der Waals surface area (Å²) in [6.07, 6.45) is 0. The largest absolute Gasteiger partial charge is 0.356 e. The second-order valence-corrected chi connectivity index (χ2v) is 3.89. The molecule has 5 heteroatoms. The van der Waals surface area contributed by atoms with E-state index in [-0.39, 0.29) is 0 Å². The van der Waals surface area contributed by atoms with Crippen LogP contribution in [0.1, 0.15) is 19.7 Å². The highest BCUT2D eigenvalue weighted by Crippen LogP contribution is 2.13. The van der Waals surface area contributed by atoms with Gasteiger partial charge in [0.15, 0.2) is 0 Å². The molecule has 0 atom stereocenters. The molecule has 2 heterocycles. The Bertz CT molecular complexity index is 317. The maximum absolute atomic E-state index is 4.40. The SMILES string of the molecule is CNc1nc2n(n1)CCN(C(C)C)C2. The molecule has 2 rings (SSSR count). The Balaban J connectivity index is 2.17. The van der Waals surface area contributed by atoms with Crippen LogP contribution in [0.4, 0.5) is 5.95 Å². The highest BCUT2D eigenvalue weighted by molar-refractivity contribution is 5.21. The van der Waals surface area contributed by atoms with Gasteiger partial charge in [0.2, 0.25) is 5.95 Å². The highest BCUT2D eigenvalue weighted by Gasteiger charge is 2.20. The summed E-state index contributed by atoms with van der Waals surface area (Å²) in [4.78, 5) is 6.81. The number of rotatable bonds is 2. The summed E-state index contributed by atoms with van der Waals surface area (Å²) < 4.78 is 1.99. The molecule has 0 aliphatic carbocycles. The molecule has 0 unspecified atom stereocenters. The fraction of sp³-hybridized carbons (Fsp3) is 0.778. The van der Waals surface area contributed by atoms with Crippen LogP contribution in [0.2, 0.25) is 0 Å². The quantitative estimate of drug-likeness (QED) is 0.748. The first-order valence-electron chi connectivity index (χ1n) is 5.06. The number of nitrogens with zero attached hydrogens (tertiary/aromatic N) is 4. The van der Waals surface area contributed by atoms with E-state index in [2.05, 4.69) is 34.1 Å². The first kappa shape index (κ1) is 9.45. The lowest BCUT2D eigenvalue weighted by Crippen LogP contribution is -2.38. The predicted molar refractivity (Wildman–Crippen MR) is 55.1 cm³/mol. The van der Waals surface area contributed by atoms with Crippen molar-refractivity contribution in [2.24, 2.45) is 0 Å². The van der Waals surface area contributed by atoms with Gasteiger partial charge in [0.25, 0.3) is 0 Å². The van der Waals surface area contributed by atoms with Crippen LogP contribution >= 0.6 is 0 Å². The van der Waals surface area contributed by atoms with E-state index in [0.29, 0.717) is 6.04 Å². The average Bonchev–Trinajstić information content (AvgIpc) is 2.58. The molecule has 0 spiro atoms. The third kappa shape index (κ3) is 1.59.